The molecule has 31 heavy (non-hydrogen) atoms. The maximum absolute atomic E-state index is 12.9. The highest BCUT2D eigenvalue weighted by Gasteiger charge is 2.49. The lowest BCUT2D eigenvalue weighted by Gasteiger charge is -2.30. The molecule has 1 fully saturated rings. The summed E-state index contributed by atoms with van der Waals surface area (Å²) in [6, 6.07) is 5.54. The first-order chi connectivity index (χ1) is 14.0. The highest BCUT2D eigenvalue weighted by Crippen LogP contribution is 2.40. The van der Waals surface area contributed by atoms with E-state index in [0.717, 1.165) is 4.31 Å². The number of rotatable bonds is 5. The van der Waals surface area contributed by atoms with Crippen LogP contribution < -0.4 is 11.1 Å². The van der Waals surface area contributed by atoms with Crippen LogP contribution in [0.1, 0.15) is 64.3 Å². The third-order valence-electron chi connectivity index (χ3n) is 4.64. The van der Waals surface area contributed by atoms with Crippen molar-refractivity contribution >= 4 is 27.9 Å². The fourth-order valence-corrected chi connectivity index (χ4v) is 5.67. The summed E-state index contributed by atoms with van der Waals surface area (Å²) in [6.45, 7) is 10.1. The fraction of sp³-hybridized carbons (Fsp3) is 0.571. The molecule has 3 N–H and O–H groups in total. The fourth-order valence-electron chi connectivity index (χ4n) is 3.44. The predicted molar refractivity (Wildman–Crippen MR) is 115 cm³/mol. The normalized spacial score (nSPS) is 19.7. The van der Waals surface area contributed by atoms with Crippen molar-refractivity contribution in [3.63, 3.8) is 0 Å². The van der Waals surface area contributed by atoms with E-state index >= 15 is 0 Å². The largest absolute Gasteiger partial charge is 0.444 e. The molecule has 1 heterocycles. The Labute approximate surface area is 183 Å². The summed E-state index contributed by atoms with van der Waals surface area (Å²) in [6.07, 6.45) is -0.770. The number of alkyl carbamates (subject to hydrolysis) is 1. The predicted octanol–water partition coefficient (Wildman–Crippen LogP) is 2.01. The summed E-state index contributed by atoms with van der Waals surface area (Å²) in [5.41, 5.74) is 4.99. The van der Waals surface area contributed by atoms with Crippen molar-refractivity contribution in [1.29, 1.82) is 0 Å². The molecule has 1 saturated heterocycles. The molecule has 2 rings (SSSR count). The summed E-state index contributed by atoms with van der Waals surface area (Å²) in [5, 5.41) is 1.49. The summed E-state index contributed by atoms with van der Waals surface area (Å²) in [5.74, 6) is -1.16. The molecule has 1 aromatic rings. The quantitative estimate of drug-likeness (QED) is 0.700. The molecule has 172 valence electrons. The molecular weight excluding hydrogens is 422 g/mol. The molecule has 0 aliphatic carbocycles. The summed E-state index contributed by atoms with van der Waals surface area (Å²) < 4.78 is 31.9. The van der Waals surface area contributed by atoms with E-state index in [1.165, 1.54) is 0 Å². The van der Waals surface area contributed by atoms with Crippen LogP contribution in [-0.4, -0.2) is 47.8 Å². The molecule has 0 bridgehead atoms. The third kappa shape index (κ3) is 5.96. The third-order valence-corrected chi connectivity index (χ3v) is 7.05. The molecule has 1 aliphatic rings. The highest BCUT2D eigenvalue weighted by molar-refractivity contribution is 7.90. The number of nitrogens with zero attached hydrogens (tertiary/aromatic N) is 1. The second kappa shape index (κ2) is 8.49. The van der Waals surface area contributed by atoms with Crippen LogP contribution in [0.3, 0.4) is 0 Å². The van der Waals surface area contributed by atoms with Crippen molar-refractivity contribution < 1.29 is 27.5 Å². The number of nitrogens with one attached hydrogen (secondary N) is 1. The van der Waals surface area contributed by atoms with Gasteiger partial charge in [0, 0.05) is 6.42 Å². The highest BCUT2D eigenvalue weighted by atomic mass is 32.2. The van der Waals surface area contributed by atoms with Gasteiger partial charge in [-0.1, -0.05) is 24.3 Å². The van der Waals surface area contributed by atoms with Gasteiger partial charge in [0.1, 0.15) is 16.9 Å². The van der Waals surface area contributed by atoms with Crippen molar-refractivity contribution in [2.75, 3.05) is 0 Å². The van der Waals surface area contributed by atoms with Crippen LogP contribution in [0.5, 0.6) is 0 Å². The van der Waals surface area contributed by atoms with Crippen molar-refractivity contribution in [2.45, 2.75) is 76.8 Å². The topological polar surface area (TPSA) is 136 Å². The Morgan fingerprint density at radius 1 is 1.16 bits per heavy atom. The maximum Gasteiger partial charge on any atom is 0.408 e. The zero-order chi connectivity index (χ0) is 23.8. The van der Waals surface area contributed by atoms with E-state index in [4.69, 9.17) is 10.5 Å². The number of carbonyl (C=O) groups is 3. The van der Waals surface area contributed by atoms with Crippen LogP contribution in [0.15, 0.2) is 24.3 Å². The van der Waals surface area contributed by atoms with Gasteiger partial charge < -0.3 is 15.8 Å². The van der Waals surface area contributed by atoms with E-state index in [1.807, 2.05) is 0 Å². The number of sulfonamides is 1. The molecule has 0 aromatic heterocycles. The second-order valence-corrected chi connectivity index (χ2v) is 11.6. The molecule has 0 radical (unpaired) electrons. The number of primary amides is 1. The molecule has 1 aromatic carbocycles. The lowest BCUT2D eigenvalue weighted by Crippen LogP contribution is -2.47. The van der Waals surface area contributed by atoms with Gasteiger partial charge in [-0.25, -0.2) is 17.5 Å². The molecule has 10 heteroatoms. The average Bonchev–Trinajstić information content (AvgIpc) is 2.81. The van der Waals surface area contributed by atoms with Crippen molar-refractivity contribution in [3.05, 3.63) is 35.4 Å². The monoisotopic (exact) mass is 453 g/mol. The Morgan fingerprint density at radius 3 is 2.13 bits per heavy atom. The zero-order valence-corrected chi connectivity index (χ0v) is 19.6. The number of carbonyl (C=O) groups excluding carboxylic acids is 3. The van der Waals surface area contributed by atoms with Gasteiger partial charge in [-0.2, -0.15) is 0 Å². The average molecular weight is 454 g/mol. The summed E-state index contributed by atoms with van der Waals surface area (Å²) >= 11 is 0. The van der Waals surface area contributed by atoms with Crippen LogP contribution in [0.4, 0.5) is 4.79 Å². The molecule has 1 unspecified atom stereocenters. The molecule has 2 atom stereocenters. The van der Waals surface area contributed by atoms with Gasteiger partial charge in [0.15, 0.2) is 0 Å². The van der Waals surface area contributed by atoms with Gasteiger partial charge in [0.25, 0.3) is 0 Å². The van der Waals surface area contributed by atoms with Crippen LogP contribution in [0, 0.1) is 0 Å². The molecule has 1 aliphatic heterocycles. The van der Waals surface area contributed by atoms with Crippen LogP contribution >= 0.6 is 0 Å². The standard InChI is InChI=1S/C21H31N3O6S/c1-20(2,3)24-17(25)12-16(31(24,28)29)14-9-7-13(8-10-14)11-15(18(22)26)23-19(27)30-21(4,5)6/h7-10,15-16H,11-12H2,1-6H3,(H2,22,26)(H,23,27)/t15-,16?/m0/s1. The smallest absolute Gasteiger partial charge is 0.408 e. The van der Waals surface area contributed by atoms with Crippen molar-refractivity contribution in [3.8, 4) is 0 Å². The number of benzene rings is 1. The Hall–Kier alpha value is -2.62. The number of ether oxygens (including phenoxy) is 1. The lowest BCUT2D eigenvalue weighted by atomic mass is 10.0. The Kier molecular flexibility index (Phi) is 6.75. The first-order valence-electron chi connectivity index (χ1n) is 9.97. The number of amides is 3. The van der Waals surface area contributed by atoms with Gasteiger partial charge in [0.2, 0.25) is 21.8 Å². The number of nitrogens with two attached hydrogens (primary N) is 1. The molecule has 0 spiro atoms. The van der Waals surface area contributed by atoms with Crippen LogP contribution in [0.2, 0.25) is 0 Å². The first-order valence-corrected chi connectivity index (χ1v) is 11.5. The van der Waals surface area contributed by atoms with Gasteiger partial charge in [-0.05, 0) is 52.7 Å². The van der Waals surface area contributed by atoms with E-state index in [9.17, 15) is 22.8 Å². The lowest BCUT2D eigenvalue weighted by molar-refractivity contribution is -0.128. The second-order valence-electron chi connectivity index (χ2n) is 9.61. The number of hydrogen-bond acceptors (Lipinski definition) is 6. The van der Waals surface area contributed by atoms with Crippen molar-refractivity contribution in [2.24, 2.45) is 5.73 Å². The van der Waals surface area contributed by atoms with E-state index in [2.05, 4.69) is 5.32 Å². The van der Waals surface area contributed by atoms with Crippen LogP contribution in [0.25, 0.3) is 0 Å². The first kappa shape index (κ1) is 24.6. The zero-order valence-electron chi connectivity index (χ0n) is 18.8. The van der Waals surface area contributed by atoms with Crippen molar-refractivity contribution in [1.82, 2.24) is 9.62 Å². The van der Waals surface area contributed by atoms with Crippen LogP contribution in [-0.2, 0) is 30.8 Å². The Balaban J connectivity index is 2.17. The maximum atomic E-state index is 12.9. The summed E-state index contributed by atoms with van der Waals surface area (Å²) in [4.78, 5) is 36.1. The molecule has 0 saturated carbocycles. The van der Waals surface area contributed by atoms with E-state index in [1.54, 1.807) is 65.8 Å². The van der Waals surface area contributed by atoms with Gasteiger partial charge >= 0.3 is 6.09 Å². The number of hydrogen-bond donors (Lipinski definition) is 2. The minimum atomic E-state index is -3.83. The van der Waals surface area contributed by atoms with E-state index in [-0.39, 0.29) is 12.8 Å². The van der Waals surface area contributed by atoms with E-state index in [0.29, 0.717) is 11.1 Å². The van der Waals surface area contributed by atoms with Gasteiger partial charge in [-0.15, -0.1) is 0 Å². The summed E-state index contributed by atoms with van der Waals surface area (Å²) in [7, 11) is -3.83. The molecule has 3 amide bonds. The molecular formula is C21H31N3O6S. The van der Waals surface area contributed by atoms with Gasteiger partial charge in [-0.3, -0.25) is 9.59 Å². The van der Waals surface area contributed by atoms with E-state index < -0.39 is 50.4 Å². The minimum Gasteiger partial charge on any atom is -0.444 e. The SMILES string of the molecule is CC(C)(C)OC(=O)N[C@@H](Cc1ccc(C2CC(=O)N(C(C)(C)C)S2(=O)=O)cc1)C(N)=O. The minimum absolute atomic E-state index is 0.110. The Bertz CT molecular complexity index is 958. The molecule has 9 nitrogen and oxygen atoms in total. The Morgan fingerprint density at radius 2 is 1.71 bits per heavy atom. The van der Waals surface area contributed by atoms with Gasteiger partial charge in [0.05, 0.1) is 12.0 Å².